The molecule has 0 bridgehead atoms. The minimum atomic E-state index is -3.49. The second-order valence-corrected chi connectivity index (χ2v) is 1.45. The predicted octanol–water partition coefficient (Wildman–Crippen LogP) is -8.62. The van der Waals surface area contributed by atoms with Crippen LogP contribution in [0.2, 0.25) is 0 Å². The molecular formula is C4H2F2Li2O4. The predicted molar refractivity (Wildman–Crippen MR) is 19.5 cm³/mol. The molecule has 0 rings (SSSR count). The van der Waals surface area contributed by atoms with Crippen molar-refractivity contribution >= 4 is 11.9 Å². The molecule has 0 amide bonds. The summed E-state index contributed by atoms with van der Waals surface area (Å²) in [7, 11) is 0. The number of alkyl halides is 2. The molecule has 4 nitrogen and oxygen atoms in total. The van der Waals surface area contributed by atoms with Crippen molar-refractivity contribution in [2.24, 2.45) is 5.92 Å². The Morgan fingerprint density at radius 2 is 1.25 bits per heavy atom. The first-order chi connectivity index (χ1) is 4.46. The summed E-state index contributed by atoms with van der Waals surface area (Å²) in [5.41, 5.74) is 0. The Labute approximate surface area is 90.7 Å². The van der Waals surface area contributed by atoms with Crippen LogP contribution in [-0.4, -0.2) is 18.4 Å². The van der Waals surface area contributed by atoms with E-state index in [1.165, 1.54) is 0 Å². The Morgan fingerprint density at radius 1 is 1.00 bits per heavy atom. The summed E-state index contributed by atoms with van der Waals surface area (Å²) in [5.74, 6) is -7.51. The van der Waals surface area contributed by atoms with Crippen LogP contribution in [0.15, 0.2) is 0 Å². The maximum Gasteiger partial charge on any atom is 1.00 e. The number of aliphatic carboxylic acids is 2. The van der Waals surface area contributed by atoms with Gasteiger partial charge in [-0.1, -0.05) is 0 Å². The van der Waals surface area contributed by atoms with Gasteiger partial charge in [0.25, 0.3) is 6.43 Å². The van der Waals surface area contributed by atoms with Gasteiger partial charge in [-0.3, -0.25) is 0 Å². The van der Waals surface area contributed by atoms with Crippen molar-refractivity contribution in [2.45, 2.75) is 6.43 Å². The average Bonchev–Trinajstić information content (AvgIpc) is 1.59. The summed E-state index contributed by atoms with van der Waals surface area (Å²) in [6.45, 7) is 0. The van der Waals surface area contributed by atoms with Gasteiger partial charge in [-0.2, -0.15) is 0 Å². The van der Waals surface area contributed by atoms with Gasteiger partial charge in [0.1, 0.15) is 0 Å². The van der Waals surface area contributed by atoms with Gasteiger partial charge in [0.15, 0.2) is 0 Å². The number of carbonyl (C=O) groups is 2. The van der Waals surface area contributed by atoms with Crippen LogP contribution in [-0.2, 0) is 9.59 Å². The minimum absolute atomic E-state index is 0. The molecule has 0 aromatic carbocycles. The average molecular weight is 166 g/mol. The molecule has 0 saturated carbocycles. The fourth-order valence-corrected chi connectivity index (χ4v) is 0.302. The zero-order valence-corrected chi connectivity index (χ0v) is 6.54. The van der Waals surface area contributed by atoms with Crippen molar-refractivity contribution in [1.29, 1.82) is 0 Å². The number of carboxylic acid groups (broad SMARTS) is 2. The van der Waals surface area contributed by atoms with Gasteiger partial charge >= 0.3 is 37.7 Å². The number of rotatable bonds is 3. The van der Waals surface area contributed by atoms with Crippen LogP contribution in [0, 0.1) is 5.92 Å². The second-order valence-electron chi connectivity index (χ2n) is 1.45. The van der Waals surface area contributed by atoms with Gasteiger partial charge in [-0.25, -0.2) is 8.78 Å². The minimum Gasteiger partial charge on any atom is -0.549 e. The number of carbonyl (C=O) groups excluding carboxylic acids is 2. The molecule has 12 heavy (non-hydrogen) atoms. The SMILES string of the molecule is O=C([O-])C(C(=O)[O-])C(F)F.[Li+].[Li+]. The maximum atomic E-state index is 11.4. The summed E-state index contributed by atoms with van der Waals surface area (Å²) in [5, 5.41) is 19.1. The molecular weight excluding hydrogens is 164 g/mol. The molecule has 0 aliphatic heterocycles. The van der Waals surface area contributed by atoms with Crippen LogP contribution in [0.3, 0.4) is 0 Å². The monoisotopic (exact) mass is 166 g/mol. The van der Waals surface area contributed by atoms with Gasteiger partial charge in [0.05, 0.1) is 17.9 Å². The van der Waals surface area contributed by atoms with E-state index in [4.69, 9.17) is 0 Å². The van der Waals surface area contributed by atoms with E-state index >= 15 is 0 Å². The summed E-state index contributed by atoms with van der Waals surface area (Å²) in [6.07, 6.45) is -3.49. The molecule has 0 spiro atoms. The van der Waals surface area contributed by atoms with Crippen LogP contribution < -0.4 is 47.9 Å². The first kappa shape index (κ1) is 17.9. The zero-order chi connectivity index (χ0) is 8.31. The van der Waals surface area contributed by atoms with Crippen molar-refractivity contribution in [1.82, 2.24) is 0 Å². The second kappa shape index (κ2) is 7.63. The van der Waals surface area contributed by atoms with Crippen molar-refractivity contribution in [3.05, 3.63) is 0 Å². The Balaban J connectivity index is -0.000000405. The van der Waals surface area contributed by atoms with Gasteiger partial charge in [-0.15, -0.1) is 0 Å². The molecule has 0 heterocycles. The van der Waals surface area contributed by atoms with Crippen molar-refractivity contribution in [2.75, 3.05) is 0 Å². The van der Waals surface area contributed by atoms with Gasteiger partial charge in [0, 0.05) is 0 Å². The van der Waals surface area contributed by atoms with E-state index in [0.29, 0.717) is 0 Å². The van der Waals surface area contributed by atoms with E-state index in [1.54, 1.807) is 0 Å². The van der Waals surface area contributed by atoms with Crippen LogP contribution >= 0.6 is 0 Å². The molecule has 0 radical (unpaired) electrons. The molecule has 0 fully saturated rings. The molecule has 0 atom stereocenters. The Morgan fingerprint density at radius 3 is 1.25 bits per heavy atom. The molecule has 0 aliphatic rings. The molecule has 58 valence electrons. The maximum absolute atomic E-state index is 11.4. The molecule has 0 unspecified atom stereocenters. The molecule has 0 aromatic heterocycles. The first-order valence-corrected chi connectivity index (χ1v) is 2.16. The third-order valence-electron chi connectivity index (χ3n) is 0.760. The van der Waals surface area contributed by atoms with E-state index < -0.39 is 24.3 Å². The fraction of sp³-hybridized carbons (Fsp3) is 0.500. The van der Waals surface area contributed by atoms with Crippen molar-refractivity contribution in [3.8, 4) is 0 Å². The van der Waals surface area contributed by atoms with E-state index in [-0.39, 0.29) is 37.7 Å². The quantitative estimate of drug-likeness (QED) is 0.308. The van der Waals surface area contributed by atoms with Gasteiger partial charge in [0.2, 0.25) is 0 Å². The number of carboxylic acids is 2. The summed E-state index contributed by atoms with van der Waals surface area (Å²) in [4.78, 5) is 19.1. The smallest absolute Gasteiger partial charge is 0.549 e. The number of hydrogen-bond acceptors (Lipinski definition) is 4. The Bertz CT molecular complexity index is 149. The largest absolute Gasteiger partial charge is 1.00 e. The third-order valence-corrected chi connectivity index (χ3v) is 0.760. The van der Waals surface area contributed by atoms with Crippen LogP contribution in [0.5, 0.6) is 0 Å². The van der Waals surface area contributed by atoms with Gasteiger partial charge < -0.3 is 19.8 Å². The van der Waals surface area contributed by atoms with Crippen LogP contribution in [0.1, 0.15) is 0 Å². The van der Waals surface area contributed by atoms with E-state index in [0.717, 1.165) is 0 Å². The van der Waals surface area contributed by atoms with E-state index in [2.05, 4.69) is 0 Å². The normalized spacial score (nSPS) is 8.67. The van der Waals surface area contributed by atoms with Crippen LogP contribution in [0.25, 0.3) is 0 Å². The number of hydrogen-bond donors (Lipinski definition) is 0. The summed E-state index contributed by atoms with van der Waals surface area (Å²) in [6, 6.07) is 0. The van der Waals surface area contributed by atoms with E-state index in [9.17, 15) is 28.6 Å². The molecule has 0 saturated heterocycles. The van der Waals surface area contributed by atoms with Crippen LogP contribution in [0.4, 0.5) is 8.78 Å². The third kappa shape index (κ3) is 5.62. The fourth-order valence-electron chi connectivity index (χ4n) is 0.302. The zero-order valence-electron chi connectivity index (χ0n) is 6.54. The van der Waals surface area contributed by atoms with Crippen molar-refractivity contribution < 1.29 is 66.3 Å². The standard InChI is InChI=1S/C4H4F2O4.2Li/c5-2(6)1(3(7)8)4(9)10;;/h1-2H,(H,7,8)(H,9,10);;/q;2*+1/p-2. The van der Waals surface area contributed by atoms with Gasteiger partial charge in [-0.05, 0) is 0 Å². The Hall–Kier alpha value is -0.00519. The Kier molecular flexibility index (Phi) is 11.4. The number of halogens is 2. The summed E-state index contributed by atoms with van der Waals surface area (Å²) < 4.78 is 22.7. The summed E-state index contributed by atoms with van der Waals surface area (Å²) >= 11 is 0. The molecule has 8 heteroatoms. The van der Waals surface area contributed by atoms with Crippen molar-refractivity contribution in [3.63, 3.8) is 0 Å². The molecule has 0 aliphatic carbocycles. The first-order valence-electron chi connectivity index (χ1n) is 2.16. The topological polar surface area (TPSA) is 80.3 Å². The van der Waals surface area contributed by atoms with E-state index in [1.807, 2.05) is 0 Å². The molecule has 0 aromatic rings. The molecule has 0 N–H and O–H groups in total.